The molecule has 2 aromatic rings. The number of rotatable bonds is 2. The first kappa shape index (κ1) is 10.0. The first-order valence-electron chi connectivity index (χ1n) is 4.45. The number of hydrogen-bond acceptors (Lipinski definition) is 5. The lowest BCUT2D eigenvalue weighted by Gasteiger charge is -1.94. The highest BCUT2D eigenvalue weighted by molar-refractivity contribution is 7.18. The Kier molecular flexibility index (Phi) is 2.39. The molecule has 5 nitrogen and oxygen atoms in total. The molecule has 0 saturated heterocycles. The molecule has 0 saturated carbocycles. The molecule has 0 atom stereocenters. The first-order chi connectivity index (χ1) is 7.13. The van der Waals surface area contributed by atoms with Gasteiger partial charge in [0.05, 0.1) is 11.3 Å². The van der Waals surface area contributed by atoms with Gasteiger partial charge in [0.2, 0.25) is 11.1 Å². The molecule has 0 aromatic carbocycles. The lowest BCUT2D eigenvalue weighted by molar-refractivity contribution is 0.472. The minimum atomic E-state index is -0.383. The van der Waals surface area contributed by atoms with Crippen LogP contribution in [0, 0.1) is 12.9 Å². The van der Waals surface area contributed by atoms with Crippen molar-refractivity contribution >= 4 is 16.5 Å². The van der Waals surface area contributed by atoms with Gasteiger partial charge in [-0.3, -0.25) is 0 Å². The number of halogens is 1. The van der Waals surface area contributed by atoms with Gasteiger partial charge in [-0.15, -0.1) is 10.2 Å². The van der Waals surface area contributed by atoms with Crippen LogP contribution in [0.2, 0.25) is 0 Å². The van der Waals surface area contributed by atoms with Gasteiger partial charge in [-0.1, -0.05) is 11.3 Å². The smallest absolute Gasteiger partial charge is 0.222 e. The lowest BCUT2D eigenvalue weighted by atomic mass is 10.3. The van der Waals surface area contributed by atoms with E-state index in [1.54, 1.807) is 6.92 Å². The average molecular weight is 227 g/mol. The van der Waals surface area contributed by atoms with Crippen LogP contribution in [0.3, 0.4) is 0 Å². The number of aryl methyl sites for hydroxylation is 2. The predicted molar refractivity (Wildman–Crippen MR) is 55.9 cm³/mol. The summed E-state index contributed by atoms with van der Waals surface area (Å²) < 4.78 is 15.1. The minimum absolute atomic E-state index is 0.327. The van der Waals surface area contributed by atoms with E-state index in [-0.39, 0.29) is 5.95 Å². The molecule has 0 aliphatic heterocycles. The zero-order valence-electron chi connectivity index (χ0n) is 8.36. The van der Waals surface area contributed by atoms with Crippen molar-refractivity contribution in [2.45, 2.75) is 20.4 Å². The molecule has 2 rings (SSSR count). The monoisotopic (exact) mass is 227 g/mol. The quantitative estimate of drug-likeness (QED) is 0.843. The van der Waals surface area contributed by atoms with Crippen LogP contribution in [-0.2, 0) is 6.54 Å². The molecule has 0 bridgehead atoms. The summed E-state index contributed by atoms with van der Waals surface area (Å²) in [5.74, 6) is -0.383. The van der Waals surface area contributed by atoms with Crippen molar-refractivity contribution in [2.75, 3.05) is 5.73 Å². The molecule has 0 amide bonds. The van der Waals surface area contributed by atoms with Crippen LogP contribution >= 0.6 is 11.3 Å². The van der Waals surface area contributed by atoms with Crippen LogP contribution in [0.5, 0.6) is 0 Å². The van der Waals surface area contributed by atoms with E-state index in [1.807, 2.05) is 6.92 Å². The molecule has 80 valence electrons. The molecule has 2 heterocycles. The van der Waals surface area contributed by atoms with Crippen LogP contribution in [0.1, 0.15) is 12.6 Å². The Morgan fingerprint density at radius 3 is 2.67 bits per heavy atom. The van der Waals surface area contributed by atoms with Gasteiger partial charge >= 0.3 is 0 Å². The molecular formula is C8H10FN5S. The second kappa shape index (κ2) is 3.58. The van der Waals surface area contributed by atoms with Crippen molar-refractivity contribution in [2.24, 2.45) is 0 Å². The van der Waals surface area contributed by atoms with E-state index in [0.29, 0.717) is 27.9 Å². The van der Waals surface area contributed by atoms with E-state index < -0.39 is 0 Å². The molecule has 2 aromatic heterocycles. The van der Waals surface area contributed by atoms with Crippen LogP contribution in [-0.4, -0.2) is 20.0 Å². The Hall–Kier alpha value is -1.50. The summed E-state index contributed by atoms with van der Waals surface area (Å²) in [6, 6.07) is 0. The van der Waals surface area contributed by atoms with Crippen molar-refractivity contribution in [1.29, 1.82) is 0 Å². The van der Waals surface area contributed by atoms with E-state index in [9.17, 15) is 4.39 Å². The van der Waals surface area contributed by atoms with Gasteiger partial charge in [-0.2, -0.15) is 9.49 Å². The highest BCUT2D eigenvalue weighted by atomic mass is 32.1. The summed E-state index contributed by atoms with van der Waals surface area (Å²) in [4.78, 5) is 0. The topological polar surface area (TPSA) is 69.6 Å². The third-order valence-electron chi connectivity index (χ3n) is 2.02. The van der Waals surface area contributed by atoms with Crippen molar-refractivity contribution in [3.63, 3.8) is 0 Å². The fraction of sp³-hybridized carbons (Fsp3) is 0.375. The molecule has 2 N–H and O–H groups in total. The highest BCUT2D eigenvalue weighted by Gasteiger charge is 2.19. The highest BCUT2D eigenvalue weighted by Crippen LogP contribution is 2.29. The van der Waals surface area contributed by atoms with Crippen molar-refractivity contribution in [3.8, 4) is 10.6 Å². The van der Waals surface area contributed by atoms with E-state index in [2.05, 4.69) is 15.3 Å². The maximum atomic E-state index is 13.8. The van der Waals surface area contributed by atoms with E-state index in [1.165, 1.54) is 4.68 Å². The Labute approximate surface area is 89.7 Å². The minimum Gasteiger partial charge on any atom is -0.374 e. The molecule has 0 spiro atoms. The first-order valence-corrected chi connectivity index (χ1v) is 5.27. The van der Waals surface area contributed by atoms with Gasteiger partial charge in [-0.05, 0) is 13.8 Å². The van der Waals surface area contributed by atoms with Crippen molar-refractivity contribution < 1.29 is 4.39 Å². The lowest BCUT2D eigenvalue weighted by Crippen LogP contribution is -1.99. The van der Waals surface area contributed by atoms with Gasteiger partial charge in [0, 0.05) is 6.54 Å². The van der Waals surface area contributed by atoms with Crippen LogP contribution in [0.4, 0.5) is 9.52 Å². The molecule has 0 aliphatic rings. The van der Waals surface area contributed by atoms with Crippen molar-refractivity contribution in [1.82, 2.24) is 20.0 Å². The van der Waals surface area contributed by atoms with Crippen LogP contribution in [0.15, 0.2) is 0 Å². The maximum absolute atomic E-state index is 13.8. The third kappa shape index (κ3) is 1.58. The summed E-state index contributed by atoms with van der Waals surface area (Å²) >= 11 is 1.16. The van der Waals surface area contributed by atoms with Gasteiger partial charge in [0.25, 0.3) is 0 Å². The van der Waals surface area contributed by atoms with Gasteiger partial charge in [0.1, 0.15) is 0 Å². The molecule has 0 radical (unpaired) electrons. The predicted octanol–water partition coefficient (Wildman–Crippen LogP) is 1.45. The number of hydrogen-bond donors (Lipinski definition) is 1. The average Bonchev–Trinajstić information content (AvgIpc) is 2.71. The van der Waals surface area contributed by atoms with Gasteiger partial charge in [-0.25, -0.2) is 4.68 Å². The second-order valence-electron chi connectivity index (χ2n) is 3.01. The SMILES string of the molecule is CCn1nc(C)c(-c2nnc(N)s2)c1F. The Bertz CT molecular complexity index is 489. The number of anilines is 1. The molecule has 0 unspecified atom stereocenters. The summed E-state index contributed by atoms with van der Waals surface area (Å²) in [6.45, 7) is 4.05. The third-order valence-corrected chi connectivity index (χ3v) is 2.79. The van der Waals surface area contributed by atoms with Gasteiger partial charge in [0.15, 0.2) is 5.01 Å². The number of aromatic nitrogens is 4. The summed E-state index contributed by atoms with van der Waals surface area (Å²) in [7, 11) is 0. The molecular weight excluding hydrogens is 217 g/mol. The standard InChI is InChI=1S/C8H10FN5S/c1-3-14-6(9)5(4(2)13-14)7-11-12-8(10)15-7/h3H2,1-2H3,(H2,10,12). The fourth-order valence-corrected chi connectivity index (χ4v) is 2.04. The van der Waals surface area contributed by atoms with E-state index in [0.717, 1.165) is 11.3 Å². The molecule has 15 heavy (non-hydrogen) atoms. The zero-order chi connectivity index (χ0) is 11.0. The molecule has 0 aliphatic carbocycles. The second-order valence-corrected chi connectivity index (χ2v) is 4.02. The molecule has 7 heteroatoms. The Balaban J connectivity index is 2.57. The van der Waals surface area contributed by atoms with Crippen molar-refractivity contribution in [3.05, 3.63) is 11.6 Å². The summed E-state index contributed by atoms with van der Waals surface area (Å²) in [5.41, 5.74) is 6.45. The maximum Gasteiger partial charge on any atom is 0.222 e. The van der Waals surface area contributed by atoms with E-state index in [4.69, 9.17) is 5.73 Å². The number of nitrogens with two attached hydrogens (primary N) is 1. The zero-order valence-corrected chi connectivity index (χ0v) is 9.18. The largest absolute Gasteiger partial charge is 0.374 e. The molecule has 0 fully saturated rings. The normalized spacial score (nSPS) is 10.9. The number of nitrogens with zero attached hydrogens (tertiary/aromatic N) is 4. The summed E-state index contributed by atoms with van der Waals surface area (Å²) in [6.07, 6.45) is 0. The van der Waals surface area contributed by atoms with E-state index >= 15 is 0 Å². The Morgan fingerprint density at radius 2 is 2.20 bits per heavy atom. The Morgan fingerprint density at radius 1 is 1.47 bits per heavy atom. The number of nitrogen functional groups attached to an aromatic ring is 1. The van der Waals surface area contributed by atoms with Gasteiger partial charge < -0.3 is 5.73 Å². The van der Waals surface area contributed by atoms with Crippen LogP contribution < -0.4 is 5.73 Å². The summed E-state index contributed by atoms with van der Waals surface area (Å²) in [5, 5.41) is 12.3. The van der Waals surface area contributed by atoms with Crippen LogP contribution in [0.25, 0.3) is 10.6 Å². The fourth-order valence-electron chi connectivity index (χ4n) is 1.34.